The van der Waals surface area contributed by atoms with Crippen molar-refractivity contribution in [1.29, 1.82) is 0 Å². The maximum absolute atomic E-state index is 12.3. The number of hydrogen-bond donors (Lipinski definition) is 1. The average molecular weight is 406 g/mol. The van der Waals surface area contributed by atoms with Gasteiger partial charge in [0.1, 0.15) is 5.75 Å². The van der Waals surface area contributed by atoms with Gasteiger partial charge >= 0.3 is 0 Å². The van der Waals surface area contributed by atoms with Gasteiger partial charge in [-0.25, -0.2) is 0 Å². The van der Waals surface area contributed by atoms with Crippen LogP contribution in [0.5, 0.6) is 17.2 Å². The minimum Gasteiger partial charge on any atom is -0.493 e. The molecule has 0 saturated carbocycles. The molecule has 6 heteroatoms. The van der Waals surface area contributed by atoms with Crippen molar-refractivity contribution in [3.05, 3.63) is 53.1 Å². The van der Waals surface area contributed by atoms with Crippen molar-refractivity contribution in [2.75, 3.05) is 13.7 Å². The van der Waals surface area contributed by atoms with Gasteiger partial charge in [0, 0.05) is 11.6 Å². The van der Waals surface area contributed by atoms with E-state index in [4.69, 9.17) is 25.8 Å². The molecule has 0 bridgehead atoms. The molecule has 2 rings (SSSR count). The van der Waals surface area contributed by atoms with Crippen LogP contribution in [0.4, 0.5) is 0 Å². The van der Waals surface area contributed by atoms with Crippen molar-refractivity contribution in [2.45, 2.75) is 39.8 Å². The van der Waals surface area contributed by atoms with Crippen molar-refractivity contribution in [3.63, 3.8) is 0 Å². The van der Waals surface area contributed by atoms with Crippen LogP contribution in [0.3, 0.4) is 0 Å². The third-order valence-electron chi connectivity index (χ3n) is 4.14. The maximum Gasteiger partial charge on any atom is 0.261 e. The van der Waals surface area contributed by atoms with Gasteiger partial charge in [0.2, 0.25) is 0 Å². The van der Waals surface area contributed by atoms with E-state index in [0.717, 1.165) is 12.0 Å². The molecule has 1 amide bonds. The van der Waals surface area contributed by atoms with Crippen LogP contribution < -0.4 is 19.5 Å². The second kappa shape index (κ2) is 10.8. The third kappa shape index (κ3) is 6.97. The lowest BCUT2D eigenvalue weighted by Gasteiger charge is -2.16. The van der Waals surface area contributed by atoms with Gasteiger partial charge < -0.3 is 19.5 Å². The summed E-state index contributed by atoms with van der Waals surface area (Å²) in [4.78, 5) is 12.3. The number of methoxy groups -OCH3 is 1. The summed E-state index contributed by atoms with van der Waals surface area (Å²) in [5.74, 6) is 2.33. The Morgan fingerprint density at radius 3 is 2.43 bits per heavy atom. The fourth-order valence-electron chi connectivity index (χ4n) is 2.45. The Balaban J connectivity index is 1.88. The molecule has 1 unspecified atom stereocenters. The predicted molar refractivity (Wildman–Crippen MR) is 111 cm³/mol. The molecule has 0 aromatic heterocycles. The fourth-order valence-corrected chi connectivity index (χ4v) is 2.58. The van der Waals surface area contributed by atoms with E-state index >= 15 is 0 Å². The second-order valence-electron chi connectivity index (χ2n) is 6.95. The summed E-state index contributed by atoms with van der Waals surface area (Å²) >= 11 is 5.85. The zero-order valence-corrected chi connectivity index (χ0v) is 17.6. The Kier molecular flexibility index (Phi) is 8.45. The number of amides is 1. The van der Waals surface area contributed by atoms with E-state index in [9.17, 15) is 4.79 Å². The van der Waals surface area contributed by atoms with Crippen LogP contribution in [-0.4, -0.2) is 25.7 Å². The van der Waals surface area contributed by atoms with Gasteiger partial charge in [0.05, 0.1) is 13.7 Å². The highest BCUT2D eigenvalue weighted by Crippen LogP contribution is 2.28. The highest BCUT2D eigenvalue weighted by Gasteiger charge is 2.15. The Morgan fingerprint density at radius 2 is 1.79 bits per heavy atom. The fraction of sp³-hybridized carbons (Fsp3) is 0.409. The van der Waals surface area contributed by atoms with Crippen molar-refractivity contribution in [3.8, 4) is 17.2 Å². The average Bonchev–Trinajstić information content (AvgIpc) is 2.68. The Hall–Kier alpha value is -2.40. The normalized spacial score (nSPS) is 11.8. The zero-order valence-electron chi connectivity index (χ0n) is 16.8. The molecular weight excluding hydrogens is 378 g/mol. The number of benzene rings is 2. The largest absolute Gasteiger partial charge is 0.493 e. The monoisotopic (exact) mass is 405 g/mol. The molecule has 0 aliphatic rings. The SMILES string of the molecule is COc1cc(CNC(=O)C(C)Oc2ccc(Cl)cc2)ccc1OCCC(C)C. The van der Waals surface area contributed by atoms with Gasteiger partial charge in [0.25, 0.3) is 5.91 Å². The summed E-state index contributed by atoms with van der Waals surface area (Å²) in [6, 6.07) is 12.6. The van der Waals surface area contributed by atoms with Crippen LogP contribution in [0.2, 0.25) is 5.02 Å². The molecule has 0 aliphatic heterocycles. The van der Waals surface area contributed by atoms with Crippen LogP contribution in [0.1, 0.15) is 32.8 Å². The molecule has 0 fully saturated rings. The predicted octanol–water partition coefficient (Wildman–Crippen LogP) is 4.86. The molecule has 2 aromatic carbocycles. The molecular formula is C22H28ClNO4. The molecule has 0 aliphatic carbocycles. The smallest absolute Gasteiger partial charge is 0.261 e. The van der Waals surface area contributed by atoms with E-state index in [2.05, 4.69) is 19.2 Å². The topological polar surface area (TPSA) is 56.8 Å². The molecule has 2 aromatic rings. The highest BCUT2D eigenvalue weighted by atomic mass is 35.5. The van der Waals surface area contributed by atoms with E-state index in [1.165, 1.54) is 0 Å². The molecule has 0 saturated heterocycles. The number of hydrogen-bond acceptors (Lipinski definition) is 4. The molecule has 28 heavy (non-hydrogen) atoms. The molecule has 0 radical (unpaired) electrons. The second-order valence-corrected chi connectivity index (χ2v) is 7.38. The minimum absolute atomic E-state index is 0.203. The first kappa shape index (κ1) is 21.9. The maximum atomic E-state index is 12.3. The quantitative estimate of drug-likeness (QED) is 0.613. The van der Waals surface area contributed by atoms with Crippen molar-refractivity contribution >= 4 is 17.5 Å². The Labute approximate surface area is 171 Å². The van der Waals surface area contributed by atoms with Gasteiger partial charge in [-0.2, -0.15) is 0 Å². The Morgan fingerprint density at radius 1 is 1.07 bits per heavy atom. The van der Waals surface area contributed by atoms with Crippen LogP contribution in [0.25, 0.3) is 0 Å². The number of carbonyl (C=O) groups is 1. The first-order valence-corrected chi connectivity index (χ1v) is 9.76. The first-order valence-electron chi connectivity index (χ1n) is 9.38. The van der Waals surface area contributed by atoms with Crippen molar-refractivity contribution in [2.24, 2.45) is 5.92 Å². The number of nitrogens with one attached hydrogen (secondary N) is 1. The van der Waals surface area contributed by atoms with Crippen molar-refractivity contribution in [1.82, 2.24) is 5.32 Å². The standard InChI is InChI=1S/C22H28ClNO4/c1-15(2)11-12-27-20-10-5-17(13-21(20)26-4)14-24-22(25)16(3)28-19-8-6-18(23)7-9-19/h5-10,13,15-16H,11-12,14H2,1-4H3,(H,24,25). The van der Waals surface area contributed by atoms with Crippen molar-refractivity contribution < 1.29 is 19.0 Å². The lowest BCUT2D eigenvalue weighted by molar-refractivity contribution is -0.127. The molecule has 1 N–H and O–H groups in total. The number of carbonyl (C=O) groups excluding carboxylic acids is 1. The van der Waals surface area contributed by atoms with Crippen LogP contribution >= 0.6 is 11.6 Å². The number of ether oxygens (including phenoxy) is 3. The van der Waals surface area contributed by atoms with E-state index in [-0.39, 0.29) is 5.91 Å². The summed E-state index contributed by atoms with van der Waals surface area (Å²) in [5, 5.41) is 3.49. The summed E-state index contributed by atoms with van der Waals surface area (Å²) in [6.45, 7) is 7.03. The number of halogens is 1. The van der Waals surface area contributed by atoms with Gasteiger partial charge in [0.15, 0.2) is 17.6 Å². The van der Waals surface area contributed by atoms with Gasteiger partial charge in [-0.15, -0.1) is 0 Å². The highest BCUT2D eigenvalue weighted by molar-refractivity contribution is 6.30. The minimum atomic E-state index is -0.623. The van der Waals surface area contributed by atoms with E-state index in [1.54, 1.807) is 38.3 Å². The summed E-state index contributed by atoms with van der Waals surface area (Å²) in [7, 11) is 1.61. The third-order valence-corrected chi connectivity index (χ3v) is 4.40. The molecule has 0 heterocycles. The summed E-state index contributed by atoms with van der Waals surface area (Å²) < 4.78 is 16.8. The zero-order chi connectivity index (χ0) is 20.5. The van der Waals surface area contributed by atoms with Gasteiger partial charge in [-0.05, 0) is 61.2 Å². The lowest BCUT2D eigenvalue weighted by Crippen LogP contribution is -2.35. The van der Waals surface area contributed by atoms with Gasteiger partial charge in [-0.3, -0.25) is 4.79 Å². The molecule has 0 spiro atoms. The van der Waals surface area contributed by atoms with E-state index in [1.807, 2.05) is 18.2 Å². The molecule has 152 valence electrons. The Bertz CT molecular complexity index is 762. The van der Waals surface area contributed by atoms with Gasteiger partial charge in [-0.1, -0.05) is 31.5 Å². The summed E-state index contributed by atoms with van der Waals surface area (Å²) in [6.07, 6.45) is 0.355. The van der Waals surface area contributed by atoms with Crippen LogP contribution in [0.15, 0.2) is 42.5 Å². The van der Waals surface area contributed by atoms with Crippen LogP contribution in [-0.2, 0) is 11.3 Å². The first-order chi connectivity index (χ1) is 13.4. The summed E-state index contributed by atoms with van der Waals surface area (Å²) in [5.41, 5.74) is 0.917. The van der Waals surface area contributed by atoms with Crippen LogP contribution in [0, 0.1) is 5.92 Å². The van der Waals surface area contributed by atoms with E-state index < -0.39 is 6.10 Å². The number of rotatable bonds is 10. The lowest BCUT2D eigenvalue weighted by atomic mass is 10.1. The van der Waals surface area contributed by atoms with E-state index in [0.29, 0.717) is 41.3 Å². The molecule has 5 nitrogen and oxygen atoms in total. The molecule has 1 atom stereocenters.